The molecule has 1 aliphatic rings. The van der Waals surface area contributed by atoms with Gasteiger partial charge in [0.05, 0.1) is 0 Å². The topological polar surface area (TPSA) is 87.7 Å². The molecule has 1 amide bonds. The number of ketones is 1. The SMILES string of the molecule is C=S(=C)(Nc1cc(C(=O)NC2(C)CCC2)ccc1Cc1cc(F)c(CC(C)=O)cc1O)c1ccc(OC(F)(F)F)cc1C. The van der Waals surface area contributed by atoms with Crippen molar-refractivity contribution in [2.45, 2.75) is 69.7 Å². The van der Waals surface area contributed by atoms with Gasteiger partial charge in [-0.2, -0.15) is 0 Å². The molecule has 4 rings (SSSR count). The fourth-order valence-electron chi connectivity index (χ4n) is 5.06. The maximum absolute atomic E-state index is 14.8. The molecule has 1 saturated carbocycles. The van der Waals surface area contributed by atoms with Crippen molar-refractivity contribution in [1.82, 2.24) is 5.32 Å². The molecule has 0 aromatic heterocycles. The van der Waals surface area contributed by atoms with Gasteiger partial charge in [0.1, 0.15) is 23.1 Å². The molecule has 43 heavy (non-hydrogen) atoms. The number of nitrogens with one attached hydrogen (secondary N) is 2. The predicted octanol–water partition coefficient (Wildman–Crippen LogP) is 7.19. The van der Waals surface area contributed by atoms with Crippen molar-refractivity contribution < 1.29 is 37.0 Å². The third-order valence-corrected chi connectivity index (χ3v) is 9.33. The molecule has 0 unspecified atom stereocenters. The number of amides is 1. The molecular formula is C32H34F4N2O4S. The van der Waals surface area contributed by atoms with Gasteiger partial charge in [-0.3, -0.25) is 9.59 Å². The molecule has 0 aliphatic heterocycles. The number of carbonyl (C=O) groups excluding carboxylic acids is 2. The van der Waals surface area contributed by atoms with Crippen LogP contribution in [0.15, 0.2) is 53.4 Å². The highest BCUT2D eigenvalue weighted by Gasteiger charge is 2.34. The second-order valence-corrected chi connectivity index (χ2v) is 13.7. The molecule has 0 saturated heterocycles. The molecular weight excluding hydrogens is 584 g/mol. The quantitative estimate of drug-likeness (QED) is 0.165. The van der Waals surface area contributed by atoms with Crippen LogP contribution < -0.4 is 14.8 Å². The Morgan fingerprint density at radius 2 is 1.74 bits per heavy atom. The Labute approximate surface area is 248 Å². The van der Waals surface area contributed by atoms with Gasteiger partial charge in [0.2, 0.25) is 0 Å². The Morgan fingerprint density at radius 3 is 2.33 bits per heavy atom. The number of ether oxygens (including phenoxy) is 1. The summed E-state index contributed by atoms with van der Waals surface area (Å²) < 4.78 is 60.3. The molecule has 0 spiro atoms. The molecule has 230 valence electrons. The number of phenols is 1. The summed E-state index contributed by atoms with van der Waals surface area (Å²) in [5.74, 6) is 6.74. The Balaban J connectivity index is 1.71. The molecule has 0 atom stereocenters. The number of anilines is 1. The van der Waals surface area contributed by atoms with Crippen LogP contribution in [0.25, 0.3) is 0 Å². The zero-order valence-corrected chi connectivity index (χ0v) is 25.0. The maximum Gasteiger partial charge on any atom is 0.573 e. The van der Waals surface area contributed by atoms with Gasteiger partial charge >= 0.3 is 6.36 Å². The third-order valence-electron chi connectivity index (χ3n) is 7.42. The van der Waals surface area contributed by atoms with E-state index in [-0.39, 0.29) is 52.7 Å². The first-order valence-corrected chi connectivity index (χ1v) is 15.5. The zero-order chi connectivity index (χ0) is 31.7. The molecule has 11 heteroatoms. The average Bonchev–Trinajstić information content (AvgIpc) is 2.85. The minimum absolute atomic E-state index is 0.0535. The average molecular weight is 619 g/mol. The van der Waals surface area contributed by atoms with Crippen LogP contribution in [0.5, 0.6) is 11.5 Å². The maximum atomic E-state index is 14.8. The fourth-order valence-corrected chi connectivity index (χ4v) is 6.79. The number of Topliss-reactive ketones (excluding diaryl/α,β-unsaturated/α-hetero) is 1. The standard InChI is InChI=1S/C32H34F4N2O4S/c1-19-13-25(42-32(34,35)36)9-10-29(19)43(4,5)38-27-17-22(30(41)37-31(3)11-6-12-31)8-7-21(27)15-24-16-26(33)23(14-20(2)39)18-28(24)40/h7-10,13,16-18,38,40H,4-6,11-12,14-15H2,1-3H3,(H,37,41). The van der Waals surface area contributed by atoms with Crippen LogP contribution >= 0.6 is 9.39 Å². The van der Waals surface area contributed by atoms with E-state index in [9.17, 15) is 32.3 Å². The van der Waals surface area contributed by atoms with Crippen LogP contribution in [0.1, 0.15) is 65.7 Å². The van der Waals surface area contributed by atoms with Crippen LogP contribution in [0.4, 0.5) is 23.2 Å². The smallest absolute Gasteiger partial charge is 0.508 e. The van der Waals surface area contributed by atoms with Crippen LogP contribution in [0.2, 0.25) is 0 Å². The monoisotopic (exact) mass is 618 g/mol. The number of aromatic hydroxyl groups is 1. The predicted molar refractivity (Wildman–Crippen MR) is 163 cm³/mol. The Bertz CT molecular complexity index is 1680. The highest BCUT2D eigenvalue weighted by molar-refractivity contribution is 8.28. The number of carbonyl (C=O) groups is 2. The second-order valence-electron chi connectivity index (χ2n) is 11.3. The number of rotatable bonds is 10. The highest BCUT2D eigenvalue weighted by Crippen LogP contribution is 2.40. The number of alkyl halides is 3. The third kappa shape index (κ3) is 7.90. The minimum atomic E-state index is -4.84. The lowest BCUT2D eigenvalue weighted by Gasteiger charge is -2.39. The Kier molecular flexibility index (Phi) is 8.87. The van der Waals surface area contributed by atoms with E-state index in [0.29, 0.717) is 27.3 Å². The molecule has 0 bridgehead atoms. The van der Waals surface area contributed by atoms with Crippen molar-refractivity contribution in [3.8, 4) is 11.5 Å². The van der Waals surface area contributed by atoms with Crippen molar-refractivity contribution in [3.05, 3.63) is 82.2 Å². The van der Waals surface area contributed by atoms with E-state index >= 15 is 0 Å². The summed E-state index contributed by atoms with van der Waals surface area (Å²) in [5, 5.41) is 13.7. The summed E-state index contributed by atoms with van der Waals surface area (Å²) in [6.07, 6.45) is -2.19. The van der Waals surface area contributed by atoms with Crippen molar-refractivity contribution in [2.24, 2.45) is 0 Å². The van der Waals surface area contributed by atoms with Gasteiger partial charge in [0.15, 0.2) is 0 Å². The lowest BCUT2D eigenvalue weighted by atomic mass is 9.78. The van der Waals surface area contributed by atoms with Crippen LogP contribution in [-0.4, -0.2) is 40.4 Å². The molecule has 0 radical (unpaired) electrons. The van der Waals surface area contributed by atoms with Gasteiger partial charge in [-0.25, -0.2) is 4.39 Å². The van der Waals surface area contributed by atoms with Gasteiger partial charge < -0.3 is 19.9 Å². The van der Waals surface area contributed by atoms with Crippen molar-refractivity contribution >= 4 is 38.5 Å². The summed E-state index contributed by atoms with van der Waals surface area (Å²) in [4.78, 5) is 25.2. The van der Waals surface area contributed by atoms with E-state index in [1.165, 1.54) is 37.3 Å². The van der Waals surface area contributed by atoms with Gasteiger partial charge in [-0.1, -0.05) is 17.8 Å². The van der Waals surface area contributed by atoms with E-state index < -0.39 is 21.6 Å². The largest absolute Gasteiger partial charge is 0.573 e. The first kappa shape index (κ1) is 31.9. The number of hydrogen-bond acceptors (Lipinski definition) is 5. The van der Waals surface area contributed by atoms with Crippen LogP contribution in [0, 0.1) is 12.7 Å². The second kappa shape index (κ2) is 11.9. The lowest BCUT2D eigenvalue weighted by Crippen LogP contribution is -2.50. The van der Waals surface area contributed by atoms with E-state index in [1.54, 1.807) is 25.1 Å². The van der Waals surface area contributed by atoms with Crippen LogP contribution in [0.3, 0.4) is 0 Å². The minimum Gasteiger partial charge on any atom is -0.508 e. The molecule has 1 fully saturated rings. The van der Waals surface area contributed by atoms with E-state index in [0.717, 1.165) is 19.3 Å². The number of hydrogen-bond donors (Lipinski definition) is 3. The number of halogens is 4. The summed E-state index contributed by atoms with van der Waals surface area (Å²) in [7, 11) is -2.42. The molecule has 0 heterocycles. The summed E-state index contributed by atoms with van der Waals surface area (Å²) in [5.41, 5.74) is 1.88. The molecule has 6 nitrogen and oxygen atoms in total. The Morgan fingerprint density at radius 1 is 1.05 bits per heavy atom. The number of benzene rings is 3. The number of phenolic OH excluding ortho intramolecular Hbond substituents is 1. The van der Waals surface area contributed by atoms with Crippen molar-refractivity contribution in [1.29, 1.82) is 0 Å². The van der Waals surface area contributed by atoms with Gasteiger partial charge in [-0.15, -0.1) is 22.6 Å². The van der Waals surface area contributed by atoms with Crippen LogP contribution in [-0.2, 0) is 17.6 Å². The highest BCUT2D eigenvalue weighted by atomic mass is 32.2. The van der Waals surface area contributed by atoms with Gasteiger partial charge in [0, 0.05) is 40.1 Å². The van der Waals surface area contributed by atoms with E-state index in [1.807, 2.05) is 6.92 Å². The van der Waals surface area contributed by atoms with Gasteiger partial charge in [0.25, 0.3) is 5.91 Å². The summed E-state index contributed by atoms with van der Waals surface area (Å²) in [6.45, 7) is 4.92. The normalized spacial score (nSPS) is 14.5. The van der Waals surface area contributed by atoms with Crippen molar-refractivity contribution in [3.63, 3.8) is 0 Å². The fraction of sp³-hybridized carbons (Fsp3) is 0.312. The van der Waals surface area contributed by atoms with E-state index in [4.69, 9.17) is 0 Å². The van der Waals surface area contributed by atoms with Crippen molar-refractivity contribution in [2.75, 3.05) is 4.72 Å². The lowest BCUT2D eigenvalue weighted by molar-refractivity contribution is -0.274. The first-order chi connectivity index (χ1) is 19.9. The Hall–Kier alpha value is -3.99. The molecule has 3 aromatic rings. The first-order valence-electron chi connectivity index (χ1n) is 13.5. The van der Waals surface area contributed by atoms with Gasteiger partial charge in [-0.05, 0) is 99.2 Å². The number of aryl methyl sites for hydroxylation is 1. The summed E-state index contributed by atoms with van der Waals surface area (Å²) in [6, 6.07) is 11.2. The molecule has 3 N–H and O–H groups in total. The molecule has 1 aliphatic carbocycles. The molecule has 3 aromatic carbocycles. The zero-order valence-electron chi connectivity index (χ0n) is 24.2. The van der Waals surface area contributed by atoms with E-state index in [2.05, 4.69) is 26.5 Å². The summed E-state index contributed by atoms with van der Waals surface area (Å²) >= 11 is 0.